The van der Waals surface area contributed by atoms with Crippen molar-refractivity contribution >= 4 is 52.1 Å². The molecule has 1 fully saturated rings. The van der Waals surface area contributed by atoms with E-state index in [4.69, 9.17) is 5.26 Å². The van der Waals surface area contributed by atoms with E-state index in [9.17, 15) is 0 Å². The van der Waals surface area contributed by atoms with Crippen LogP contribution >= 0.6 is 52.1 Å². The fraction of sp³-hybridized carbons (Fsp3) is 0.545. The van der Waals surface area contributed by atoms with Crippen LogP contribution in [0, 0.1) is 11.3 Å². The van der Waals surface area contributed by atoms with Crippen LogP contribution in [0.25, 0.3) is 0 Å². The molecule has 1 atom stereocenters. The number of piperazine rings is 1. The van der Waals surface area contributed by atoms with E-state index in [1.807, 2.05) is 0 Å². The highest BCUT2D eigenvalue weighted by atomic mass is 79.9. The Morgan fingerprint density at radius 3 is 2.61 bits per heavy atom. The molecule has 3 nitrogen and oxygen atoms in total. The van der Waals surface area contributed by atoms with E-state index in [0.29, 0.717) is 6.42 Å². The SMILES string of the molecule is Cl.Cl.N#CC[C@@H](c1cc(Br)cs1)N1CCNCC1. The van der Waals surface area contributed by atoms with E-state index >= 15 is 0 Å². The number of nitrogens with one attached hydrogen (secondary N) is 1. The first-order chi connectivity index (χ1) is 7.81. The average Bonchev–Trinajstić information content (AvgIpc) is 2.74. The molecule has 102 valence electrons. The number of rotatable bonds is 3. The minimum atomic E-state index is 0. The topological polar surface area (TPSA) is 39.1 Å². The molecular formula is C11H16BrCl2N3S. The Bertz CT molecular complexity index is 388. The summed E-state index contributed by atoms with van der Waals surface area (Å²) in [6.45, 7) is 4.10. The first-order valence-electron chi connectivity index (χ1n) is 5.37. The smallest absolute Gasteiger partial charge is 0.0642 e. The lowest BCUT2D eigenvalue weighted by Gasteiger charge is -2.33. The molecule has 2 heterocycles. The maximum Gasteiger partial charge on any atom is 0.0642 e. The summed E-state index contributed by atoms with van der Waals surface area (Å²) in [4.78, 5) is 3.69. The van der Waals surface area contributed by atoms with Crippen molar-refractivity contribution in [2.75, 3.05) is 26.2 Å². The van der Waals surface area contributed by atoms with Gasteiger partial charge in [0.2, 0.25) is 0 Å². The third-order valence-corrected chi connectivity index (χ3v) is 4.59. The average molecular weight is 373 g/mol. The zero-order chi connectivity index (χ0) is 11.4. The van der Waals surface area contributed by atoms with E-state index in [2.05, 4.69) is 43.7 Å². The Morgan fingerprint density at radius 1 is 1.44 bits per heavy atom. The molecule has 18 heavy (non-hydrogen) atoms. The van der Waals surface area contributed by atoms with E-state index in [1.165, 1.54) is 4.88 Å². The fourth-order valence-corrected chi connectivity index (χ4v) is 3.57. The number of hydrogen-bond donors (Lipinski definition) is 1. The second-order valence-corrected chi connectivity index (χ2v) is 5.69. The van der Waals surface area contributed by atoms with Crippen LogP contribution in [0.15, 0.2) is 15.9 Å². The Labute approximate surface area is 132 Å². The summed E-state index contributed by atoms with van der Waals surface area (Å²) >= 11 is 5.20. The van der Waals surface area contributed by atoms with Gasteiger partial charge in [0.25, 0.3) is 0 Å². The van der Waals surface area contributed by atoms with Crippen LogP contribution in [0.4, 0.5) is 0 Å². The Balaban J connectivity index is 0.00000144. The third-order valence-electron chi connectivity index (χ3n) is 2.79. The van der Waals surface area contributed by atoms with Crippen molar-refractivity contribution in [1.82, 2.24) is 10.2 Å². The van der Waals surface area contributed by atoms with Crippen LogP contribution < -0.4 is 5.32 Å². The minimum absolute atomic E-state index is 0. The summed E-state index contributed by atoms with van der Waals surface area (Å²) in [5, 5.41) is 14.4. The molecule has 0 spiro atoms. The molecule has 1 aliphatic heterocycles. The normalized spacial score (nSPS) is 17.1. The molecule has 1 N–H and O–H groups in total. The van der Waals surface area contributed by atoms with Crippen molar-refractivity contribution in [3.8, 4) is 6.07 Å². The molecular weight excluding hydrogens is 357 g/mol. The lowest BCUT2D eigenvalue weighted by Crippen LogP contribution is -2.44. The third kappa shape index (κ3) is 4.69. The van der Waals surface area contributed by atoms with Crippen LogP contribution in [0.1, 0.15) is 17.3 Å². The van der Waals surface area contributed by atoms with Gasteiger partial charge in [-0.3, -0.25) is 4.90 Å². The van der Waals surface area contributed by atoms with Crippen LogP contribution in [0.5, 0.6) is 0 Å². The molecule has 0 radical (unpaired) electrons. The van der Waals surface area contributed by atoms with Crippen molar-refractivity contribution in [2.45, 2.75) is 12.5 Å². The first kappa shape index (κ1) is 18.2. The molecule has 2 rings (SSSR count). The van der Waals surface area contributed by atoms with Gasteiger partial charge in [-0.15, -0.1) is 36.2 Å². The number of halogens is 3. The second kappa shape index (κ2) is 9.13. The fourth-order valence-electron chi connectivity index (χ4n) is 1.99. The van der Waals surface area contributed by atoms with Crippen molar-refractivity contribution in [3.63, 3.8) is 0 Å². The molecule has 1 saturated heterocycles. The molecule has 1 aromatic rings. The molecule has 0 unspecified atom stereocenters. The van der Waals surface area contributed by atoms with Crippen molar-refractivity contribution in [2.24, 2.45) is 0 Å². The van der Waals surface area contributed by atoms with Gasteiger partial charge in [0.1, 0.15) is 0 Å². The largest absolute Gasteiger partial charge is 0.314 e. The van der Waals surface area contributed by atoms with Crippen LogP contribution in [-0.4, -0.2) is 31.1 Å². The van der Waals surface area contributed by atoms with Gasteiger partial charge in [0.15, 0.2) is 0 Å². The predicted octanol–water partition coefficient (Wildman–Crippen LogP) is 3.21. The predicted molar refractivity (Wildman–Crippen MR) is 83.9 cm³/mol. The summed E-state index contributed by atoms with van der Waals surface area (Å²) in [5.41, 5.74) is 0. The zero-order valence-electron chi connectivity index (χ0n) is 9.76. The van der Waals surface area contributed by atoms with Gasteiger partial charge in [-0.25, -0.2) is 0 Å². The molecule has 0 aromatic carbocycles. The van der Waals surface area contributed by atoms with Gasteiger partial charge >= 0.3 is 0 Å². The molecule has 7 heteroatoms. The lowest BCUT2D eigenvalue weighted by molar-refractivity contribution is 0.178. The molecule has 0 amide bonds. The van der Waals surface area contributed by atoms with Crippen molar-refractivity contribution in [3.05, 3.63) is 20.8 Å². The van der Waals surface area contributed by atoms with Gasteiger partial charge in [-0.05, 0) is 22.0 Å². The number of thiophene rings is 1. The highest BCUT2D eigenvalue weighted by molar-refractivity contribution is 9.10. The van der Waals surface area contributed by atoms with Crippen LogP contribution in [0.3, 0.4) is 0 Å². The van der Waals surface area contributed by atoms with Crippen molar-refractivity contribution < 1.29 is 0 Å². The molecule has 0 bridgehead atoms. The highest BCUT2D eigenvalue weighted by Crippen LogP contribution is 2.31. The van der Waals surface area contributed by atoms with Gasteiger partial charge in [-0.1, -0.05) is 0 Å². The Hall–Kier alpha value is 0.170. The molecule has 0 aliphatic carbocycles. The monoisotopic (exact) mass is 371 g/mol. The maximum atomic E-state index is 8.94. The van der Waals surface area contributed by atoms with E-state index < -0.39 is 0 Å². The van der Waals surface area contributed by atoms with E-state index in [0.717, 1.165) is 30.7 Å². The Kier molecular flexibility index (Phi) is 9.22. The van der Waals surface area contributed by atoms with Gasteiger partial charge in [0.05, 0.1) is 18.5 Å². The molecule has 1 aromatic heterocycles. The van der Waals surface area contributed by atoms with E-state index in [1.54, 1.807) is 11.3 Å². The molecule has 1 aliphatic rings. The van der Waals surface area contributed by atoms with Crippen LogP contribution in [0.2, 0.25) is 0 Å². The second-order valence-electron chi connectivity index (χ2n) is 3.83. The van der Waals surface area contributed by atoms with Gasteiger partial charge in [0, 0.05) is 40.9 Å². The summed E-state index contributed by atoms with van der Waals surface area (Å²) in [6, 6.07) is 4.70. The molecule has 0 saturated carbocycles. The number of nitriles is 1. The maximum absolute atomic E-state index is 8.94. The quantitative estimate of drug-likeness (QED) is 0.885. The first-order valence-corrected chi connectivity index (χ1v) is 7.04. The number of nitrogens with zero attached hydrogens (tertiary/aromatic N) is 2. The standard InChI is InChI=1S/C11H14BrN3S.2ClH/c12-9-7-11(16-8-9)10(1-2-13)15-5-3-14-4-6-15;;/h7-8,10,14H,1,3-6H2;2*1H/t10-;;/m0../s1. The summed E-state index contributed by atoms with van der Waals surface area (Å²) in [7, 11) is 0. The number of hydrogen-bond acceptors (Lipinski definition) is 4. The lowest BCUT2D eigenvalue weighted by atomic mass is 10.1. The summed E-state index contributed by atoms with van der Waals surface area (Å²) < 4.78 is 1.12. The summed E-state index contributed by atoms with van der Waals surface area (Å²) in [6.07, 6.45) is 0.576. The Morgan fingerprint density at radius 2 is 2.11 bits per heavy atom. The van der Waals surface area contributed by atoms with Gasteiger partial charge in [-0.2, -0.15) is 5.26 Å². The zero-order valence-corrected chi connectivity index (χ0v) is 13.8. The van der Waals surface area contributed by atoms with Gasteiger partial charge < -0.3 is 5.32 Å². The highest BCUT2D eigenvalue weighted by Gasteiger charge is 2.23. The van der Waals surface area contributed by atoms with Crippen LogP contribution in [-0.2, 0) is 0 Å². The van der Waals surface area contributed by atoms with E-state index in [-0.39, 0.29) is 30.9 Å². The summed E-state index contributed by atoms with van der Waals surface area (Å²) in [5.74, 6) is 0. The minimum Gasteiger partial charge on any atom is -0.314 e. The van der Waals surface area contributed by atoms with Crippen molar-refractivity contribution in [1.29, 1.82) is 5.26 Å².